The first-order valence-electron chi connectivity index (χ1n) is 10.3. The van der Waals surface area contributed by atoms with Crippen molar-refractivity contribution in [2.45, 2.75) is 6.54 Å². The summed E-state index contributed by atoms with van der Waals surface area (Å²) < 4.78 is 8.54. The number of benzene rings is 3. The molecule has 2 aromatic heterocycles. The van der Waals surface area contributed by atoms with E-state index < -0.39 is 10.8 Å². The van der Waals surface area contributed by atoms with Crippen molar-refractivity contribution in [1.29, 1.82) is 0 Å². The van der Waals surface area contributed by atoms with Crippen LogP contribution in [0.4, 0.5) is 5.69 Å². The monoisotopic (exact) mass is 516 g/mol. The van der Waals surface area contributed by atoms with Gasteiger partial charge in [0.25, 0.3) is 5.69 Å². The Hall–Kier alpha value is -4.24. The second-order valence-corrected chi connectivity index (χ2v) is 8.56. The van der Waals surface area contributed by atoms with Crippen molar-refractivity contribution in [1.82, 2.24) is 9.99 Å². The van der Waals surface area contributed by atoms with E-state index >= 15 is 0 Å². The highest BCUT2D eigenvalue weighted by atomic mass is 79.9. The van der Waals surface area contributed by atoms with Gasteiger partial charge in [-0.15, -0.1) is 0 Å². The van der Waals surface area contributed by atoms with E-state index in [2.05, 4.69) is 26.5 Å². The fourth-order valence-electron chi connectivity index (χ4n) is 3.77. The number of furan rings is 1. The molecule has 5 rings (SSSR count). The van der Waals surface area contributed by atoms with Gasteiger partial charge >= 0.3 is 5.91 Å². The highest BCUT2D eigenvalue weighted by Crippen LogP contribution is 2.24. The molecule has 168 valence electrons. The standard InChI is InChI=1S/C25H17BrN4O4/c26-19-7-10-23-17(11-19)12-24(34-23)25(31)28-27-13-18-15-29(22-4-2-1-3-21(18)22)14-16-5-8-20(9-6-16)30(32)33/h1-13,15H,14H2,(H,28,31)/b27-13+. The maximum atomic E-state index is 12.5. The van der Waals surface area contributed by atoms with Crippen molar-refractivity contribution in [2.24, 2.45) is 5.10 Å². The molecule has 0 radical (unpaired) electrons. The van der Waals surface area contributed by atoms with Gasteiger partial charge in [0.15, 0.2) is 5.76 Å². The number of amides is 1. The largest absolute Gasteiger partial charge is 0.451 e. The molecule has 0 aliphatic carbocycles. The Labute approximate surface area is 201 Å². The first kappa shape index (κ1) is 21.6. The number of hydrogen-bond donors (Lipinski definition) is 1. The number of non-ortho nitro benzene ring substituents is 1. The lowest BCUT2D eigenvalue weighted by atomic mass is 10.2. The van der Waals surface area contributed by atoms with Crippen LogP contribution in [0.1, 0.15) is 21.7 Å². The third-order valence-electron chi connectivity index (χ3n) is 5.39. The van der Waals surface area contributed by atoms with Gasteiger partial charge in [0.2, 0.25) is 0 Å². The molecular weight excluding hydrogens is 500 g/mol. The molecule has 8 nitrogen and oxygen atoms in total. The zero-order valence-corrected chi connectivity index (χ0v) is 19.2. The number of carbonyl (C=O) groups excluding carboxylic acids is 1. The Morgan fingerprint density at radius 3 is 2.71 bits per heavy atom. The zero-order valence-electron chi connectivity index (χ0n) is 17.6. The average Bonchev–Trinajstić information content (AvgIpc) is 3.41. The third kappa shape index (κ3) is 4.33. The number of nitrogens with one attached hydrogen (secondary N) is 1. The molecule has 34 heavy (non-hydrogen) atoms. The number of rotatable bonds is 6. The van der Waals surface area contributed by atoms with Gasteiger partial charge in [-0.3, -0.25) is 14.9 Å². The minimum atomic E-state index is -0.446. The summed E-state index contributed by atoms with van der Waals surface area (Å²) in [6.07, 6.45) is 3.52. The fraction of sp³-hybridized carbons (Fsp3) is 0.0400. The van der Waals surface area contributed by atoms with Gasteiger partial charge in [-0.1, -0.05) is 46.3 Å². The van der Waals surface area contributed by atoms with E-state index in [-0.39, 0.29) is 11.4 Å². The molecule has 0 aliphatic heterocycles. The normalized spacial score (nSPS) is 11.4. The van der Waals surface area contributed by atoms with Gasteiger partial charge in [0.05, 0.1) is 11.1 Å². The number of fused-ring (bicyclic) bond motifs is 2. The summed E-state index contributed by atoms with van der Waals surface area (Å²) in [7, 11) is 0. The van der Waals surface area contributed by atoms with Crippen molar-refractivity contribution >= 4 is 55.6 Å². The summed E-state index contributed by atoms with van der Waals surface area (Å²) in [5.74, 6) is -0.274. The molecule has 1 N–H and O–H groups in total. The Bertz CT molecular complexity index is 1570. The molecule has 0 saturated heterocycles. The van der Waals surface area contributed by atoms with E-state index in [1.54, 1.807) is 30.5 Å². The van der Waals surface area contributed by atoms with Crippen LogP contribution in [0.3, 0.4) is 0 Å². The molecule has 0 atom stereocenters. The number of hydrogen-bond acceptors (Lipinski definition) is 5. The van der Waals surface area contributed by atoms with E-state index in [1.165, 1.54) is 12.1 Å². The molecule has 2 heterocycles. The molecule has 0 aliphatic rings. The molecule has 0 spiro atoms. The summed E-state index contributed by atoms with van der Waals surface area (Å²) in [6.45, 7) is 0.535. The lowest BCUT2D eigenvalue weighted by Gasteiger charge is -2.05. The van der Waals surface area contributed by atoms with E-state index in [0.29, 0.717) is 12.1 Å². The smallest absolute Gasteiger partial charge is 0.307 e. The van der Waals surface area contributed by atoms with E-state index in [9.17, 15) is 14.9 Å². The molecule has 1 amide bonds. The summed E-state index contributed by atoms with van der Waals surface area (Å²) in [5.41, 5.74) is 5.93. The molecule has 0 bridgehead atoms. The number of nitro benzene ring substituents is 1. The van der Waals surface area contributed by atoms with Crippen molar-refractivity contribution in [3.05, 3.63) is 110 Å². The molecular formula is C25H17BrN4O4. The van der Waals surface area contributed by atoms with Crippen molar-refractivity contribution in [3.63, 3.8) is 0 Å². The van der Waals surface area contributed by atoms with Crippen LogP contribution >= 0.6 is 15.9 Å². The van der Waals surface area contributed by atoms with Gasteiger partial charge < -0.3 is 8.98 Å². The second-order valence-electron chi connectivity index (χ2n) is 7.64. The Morgan fingerprint density at radius 2 is 1.91 bits per heavy atom. The number of carbonyl (C=O) groups is 1. The maximum absolute atomic E-state index is 12.5. The number of nitrogens with zero attached hydrogens (tertiary/aromatic N) is 3. The highest BCUT2D eigenvalue weighted by molar-refractivity contribution is 9.10. The quantitative estimate of drug-likeness (QED) is 0.173. The minimum Gasteiger partial charge on any atom is -0.451 e. The van der Waals surface area contributed by atoms with Gasteiger partial charge in [-0.05, 0) is 35.9 Å². The zero-order chi connectivity index (χ0) is 23.7. The fourth-order valence-corrected chi connectivity index (χ4v) is 4.15. The van der Waals surface area contributed by atoms with Crippen molar-refractivity contribution in [2.75, 3.05) is 0 Å². The SMILES string of the molecule is O=C(N/N=C/c1cn(Cc2ccc([N+](=O)[O-])cc2)c2ccccc12)c1cc2cc(Br)ccc2o1. The Morgan fingerprint density at radius 1 is 1.12 bits per heavy atom. The second kappa shape index (κ2) is 8.95. The number of para-hydroxylation sites is 1. The van der Waals surface area contributed by atoms with Crippen molar-refractivity contribution < 1.29 is 14.1 Å². The van der Waals surface area contributed by atoms with Gasteiger partial charge in [0, 0.05) is 51.2 Å². The molecule has 9 heteroatoms. The number of nitro groups is 1. The first-order chi connectivity index (χ1) is 16.5. The van der Waals surface area contributed by atoms with E-state index in [1.807, 2.05) is 47.2 Å². The van der Waals surface area contributed by atoms with Crippen LogP contribution in [0.15, 0.2) is 93.0 Å². The predicted molar refractivity (Wildman–Crippen MR) is 133 cm³/mol. The van der Waals surface area contributed by atoms with E-state index in [0.717, 1.165) is 31.9 Å². The maximum Gasteiger partial charge on any atom is 0.307 e. The average molecular weight is 517 g/mol. The molecule has 5 aromatic rings. The van der Waals surface area contributed by atoms with Crippen LogP contribution < -0.4 is 5.43 Å². The Kier molecular flexibility index (Phi) is 5.69. The highest BCUT2D eigenvalue weighted by Gasteiger charge is 2.13. The predicted octanol–water partition coefficient (Wildman–Crippen LogP) is 5.87. The lowest BCUT2D eigenvalue weighted by Crippen LogP contribution is -2.16. The van der Waals surface area contributed by atoms with Gasteiger partial charge in [0.1, 0.15) is 5.58 Å². The van der Waals surface area contributed by atoms with Gasteiger partial charge in [-0.2, -0.15) is 5.10 Å². The summed E-state index contributed by atoms with van der Waals surface area (Å²) in [5, 5.41) is 16.8. The van der Waals surface area contributed by atoms with Crippen molar-refractivity contribution in [3.8, 4) is 0 Å². The number of aromatic nitrogens is 1. The van der Waals surface area contributed by atoms with Crippen LogP contribution in [0.2, 0.25) is 0 Å². The Balaban J connectivity index is 1.36. The van der Waals surface area contributed by atoms with Crippen LogP contribution in [-0.2, 0) is 6.54 Å². The molecule has 0 unspecified atom stereocenters. The van der Waals surface area contributed by atoms with Gasteiger partial charge in [-0.25, -0.2) is 5.43 Å². The third-order valence-corrected chi connectivity index (χ3v) is 5.88. The molecule has 0 fully saturated rings. The number of halogens is 1. The van der Waals surface area contributed by atoms with Crippen LogP contribution in [0.25, 0.3) is 21.9 Å². The summed E-state index contributed by atoms with van der Waals surface area (Å²) >= 11 is 3.40. The lowest BCUT2D eigenvalue weighted by molar-refractivity contribution is -0.384. The van der Waals surface area contributed by atoms with E-state index in [4.69, 9.17) is 4.42 Å². The van der Waals surface area contributed by atoms with Crippen LogP contribution in [-0.4, -0.2) is 21.6 Å². The minimum absolute atomic E-state index is 0.0572. The molecule has 3 aromatic carbocycles. The summed E-state index contributed by atoms with van der Waals surface area (Å²) in [6, 6.07) is 21.5. The summed E-state index contributed by atoms with van der Waals surface area (Å²) in [4.78, 5) is 23.0. The molecule has 0 saturated carbocycles. The van der Waals surface area contributed by atoms with Crippen LogP contribution in [0, 0.1) is 10.1 Å². The first-order valence-corrected chi connectivity index (χ1v) is 11.1. The number of hydrazone groups is 1. The topological polar surface area (TPSA) is 103 Å². The van der Waals surface area contributed by atoms with Crippen LogP contribution in [0.5, 0.6) is 0 Å².